The molecule has 3 heteroatoms. The van der Waals surface area contributed by atoms with Gasteiger partial charge < -0.3 is 4.90 Å². The van der Waals surface area contributed by atoms with Gasteiger partial charge in [0.15, 0.2) is 0 Å². The van der Waals surface area contributed by atoms with E-state index in [4.69, 9.17) is 5.26 Å². The topological polar surface area (TPSA) is 27.0 Å². The maximum Gasteiger partial charge on any atom is 0.147 e. The van der Waals surface area contributed by atoms with Crippen molar-refractivity contribution in [3.63, 3.8) is 0 Å². The molecule has 2 rings (SSSR count). The van der Waals surface area contributed by atoms with Gasteiger partial charge in [0, 0.05) is 13.1 Å². The molecule has 0 radical (unpaired) electrons. The van der Waals surface area contributed by atoms with E-state index in [0.717, 1.165) is 25.9 Å². The summed E-state index contributed by atoms with van der Waals surface area (Å²) in [5.41, 5.74) is 1.34. The standard InChI is InChI=1S/C16H21FN2/c1-16(2,3)13-6-8-19(9-7-13)15-5-4-12(11-18)10-14(15)17/h4-5,10,13H,6-9H2,1-3H3. The van der Waals surface area contributed by atoms with Gasteiger partial charge in [-0.1, -0.05) is 20.8 Å². The summed E-state index contributed by atoms with van der Waals surface area (Å²) < 4.78 is 14.0. The number of nitrogens with zero attached hydrogens (tertiary/aromatic N) is 2. The summed E-state index contributed by atoms with van der Waals surface area (Å²) in [5, 5.41) is 8.76. The van der Waals surface area contributed by atoms with Crippen molar-refractivity contribution < 1.29 is 4.39 Å². The third-order valence-electron chi connectivity index (χ3n) is 4.14. The van der Waals surface area contributed by atoms with E-state index >= 15 is 0 Å². The van der Waals surface area contributed by atoms with Crippen LogP contribution in [-0.4, -0.2) is 13.1 Å². The summed E-state index contributed by atoms with van der Waals surface area (Å²) in [6.45, 7) is 8.61. The highest BCUT2D eigenvalue weighted by Crippen LogP contribution is 2.36. The van der Waals surface area contributed by atoms with Crippen molar-refractivity contribution in [1.82, 2.24) is 0 Å². The zero-order valence-corrected chi connectivity index (χ0v) is 11.9. The number of nitriles is 1. The first-order valence-corrected chi connectivity index (χ1v) is 6.86. The number of piperidine rings is 1. The maximum atomic E-state index is 14.0. The lowest BCUT2D eigenvalue weighted by Crippen LogP contribution is -2.38. The molecule has 1 saturated heterocycles. The highest BCUT2D eigenvalue weighted by molar-refractivity contribution is 5.51. The van der Waals surface area contributed by atoms with Crippen molar-refractivity contribution in [2.75, 3.05) is 18.0 Å². The Bertz CT molecular complexity index is 488. The summed E-state index contributed by atoms with van der Waals surface area (Å²) in [4.78, 5) is 2.10. The molecule has 19 heavy (non-hydrogen) atoms. The molecule has 0 spiro atoms. The third-order valence-corrected chi connectivity index (χ3v) is 4.14. The molecular formula is C16H21FN2. The molecule has 2 nitrogen and oxygen atoms in total. The van der Waals surface area contributed by atoms with Gasteiger partial charge in [-0.3, -0.25) is 0 Å². The molecular weight excluding hydrogens is 239 g/mol. The molecule has 1 heterocycles. The predicted octanol–water partition coefficient (Wildman–Crippen LogP) is 3.96. The average molecular weight is 260 g/mol. The Hall–Kier alpha value is -1.56. The number of rotatable bonds is 1. The molecule has 0 atom stereocenters. The number of anilines is 1. The second-order valence-corrected chi connectivity index (χ2v) is 6.41. The fourth-order valence-corrected chi connectivity index (χ4v) is 2.82. The minimum Gasteiger partial charge on any atom is -0.369 e. The summed E-state index contributed by atoms with van der Waals surface area (Å²) in [5.74, 6) is 0.415. The second-order valence-electron chi connectivity index (χ2n) is 6.41. The Labute approximate surface area is 114 Å². The molecule has 1 aliphatic rings. The SMILES string of the molecule is CC(C)(C)C1CCN(c2ccc(C#N)cc2F)CC1. The molecule has 0 N–H and O–H groups in total. The van der Waals surface area contributed by atoms with E-state index in [1.165, 1.54) is 6.07 Å². The quantitative estimate of drug-likeness (QED) is 0.764. The lowest BCUT2D eigenvalue weighted by Gasteiger charge is -2.39. The lowest BCUT2D eigenvalue weighted by atomic mass is 9.75. The molecule has 1 aliphatic heterocycles. The van der Waals surface area contributed by atoms with Crippen LogP contribution in [0.15, 0.2) is 18.2 Å². The first-order chi connectivity index (χ1) is 8.91. The molecule has 102 valence electrons. The summed E-state index contributed by atoms with van der Waals surface area (Å²) in [6.07, 6.45) is 2.20. The number of hydrogen-bond acceptors (Lipinski definition) is 2. The Morgan fingerprint density at radius 1 is 1.26 bits per heavy atom. The first kappa shape index (κ1) is 13.9. The fraction of sp³-hybridized carbons (Fsp3) is 0.562. The van der Waals surface area contributed by atoms with Gasteiger partial charge >= 0.3 is 0 Å². The van der Waals surface area contributed by atoms with Gasteiger partial charge in [-0.2, -0.15) is 5.26 Å². The fourth-order valence-electron chi connectivity index (χ4n) is 2.82. The largest absolute Gasteiger partial charge is 0.369 e. The van der Waals surface area contributed by atoms with Gasteiger partial charge in [-0.05, 0) is 42.4 Å². The van der Waals surface area contributed by atoms with E-state index in [2.05, 4.69) is 25.7 Å². The predicted molar refractivity (Wildman–Crippen MR) is 75.5 cm³/mol. The van der Waals surface area contributed by atoms with Gasteiger partial charge in [0.2, 0.25) is 0 Å². The van der Waals surface area contributed by atoms with Crippen LogP contribution in [-0.2, 0) is 0 Å². The third kappa shape index (κ3) is 3.07. The molecule has 0 aromatic heterocycles. The summed E-state index contributed by atoms with van der Waals surface area (Å²) in [7, 11) is 0. The van der Waals surface area contributed by atoms with Crippen molar-refractivity contribution in [2.45, 2.75) is 33.6 Å². The van der Waals surface area contributed by atoms with E-state index in [1.54, 1.807) is 12.1 Å². The van der Waals surface area contributed by atoms with E-state index in [-0.39, 0.29) is 5.82 Å². The molecule has 1 fully saturated rings. The van der Waals surface area contributed by atoms with E-state index < -0.39 is 0 Å². The Morgan fingerprint density at radius 2 is 1.89 bits per heavy atom. The lowest BCUT2D eigenvalue weighted by molar-refractivity contribution is 0.198. The van der Waals surface area contributed by atoms with Crippen LogP contribution >= 0.6 is 0 Å². The van der Waals surface area contributed by atoms with Crippen molar-refractivity contribution in [3.8, 4) is 6.07 Å². The molecule has 0 aliphatic carbocycles. The van der Waals surface area contributed by atoms with E-state index in [1.807, 2.05) is 6.07 Å². The van der Waals surface area contributed by atoms with Gasteiger partial charge in [0.25, 0.3) is 0 Å². The van der Waals surface area contributed by atoms with E-state index in [0.29, 0.717) is 22.6 Å². The monoisotopic (exact) mass is 260 g/mol. The van der Waals surface area contributed by atoms with Crippen molar-refractivity contribution in [2.24, 2.45) is 11.3 Å². The molecule has 0 unspecified atom stereocenters. The van der Waals surface area contributed by atoms with Crippen molar-refractivity contribution in [1.29, 1.82) is 5.26 Å². The highest BCUT2D eigenvalue weighted by atomic mass is 19.1. The van der Waals surface area contributed by atoms with Gasteiger partial charge in [-0.25, -0.2) is 4.39 Å². The number of halogens is 1. The van der Waals surface area contributed by atoms with Crippen molar-refractivity contribution in [3.05, 3.63) is 29.6 Å². The Morgan fingerprint density at radius 3 is 2.37 bits per heavy atom. The van der Waals surface area contributed by atoms with Crippen LogP contribution in [0.25, 0.3) is 0 Å². The van der Waals surface area contributed by atoms with Crippen LogP contribution in [0.2, 0.25) is 0 Å². The number of hydrogen-bond donors (Lipinski definition) is 0. The Kier molecular flexibility index (Phi) is 3.80. The Balaban J connectivity index is 2.08. The zero-order chi connectivity index (χ0) is 14.0. The van der Waals surface area contributed by atoms with Crippen LogP contribution in [0.3, 0.4) is 0 Å². The van der Waals surface area contributed by atoms with Gasteiger partial charge in [-0.15, -0.1) is 0 Å². The van der Waals surface area contributed by atoms with Crippen molar-refractivity contribution >= 4 is 5.69 Å². The molecule has 1 aromatic carbocycles. The average Bonchev–Trinajstić information content (AvgIpc) is 2.37. The van der Waals surface area contributed by atoms with Crippen LogP contribution in [0.1, 0.15) is 39.2 Å². The molecule has 0 amide bonds. The smallest absolute Gasteiger partial charge is 0.147 e. The van der Waals surface area contributed by atoms with Crippen LogP contribution < -0.4 is 4.90 Å². The zero-order valence-electron chi connectivity index (χ0n) is 11.9. The minimum atomic E-state index is -0.284. The van der Waals surface area contributed by atoms with Crippen LogP contribution in [0, 0.1) is 28.5 Å². The van der Waals surface area contributed by atoms with Crippen LogP contribution in [0.4, 0.5) is 10.1 Å². The molecule has 0 bridgehead atoms. The summed E-state index contributed by atoms with van der Waals surface area (Å²) in [6, 6.07) is 6.71. The normalized spacial score (nSPS) is 17.3. The highest BCUT2D eigenvalue weighted by Gasteiger charge is 2.29. The first-order valence-electron chi connectivity index (χ1n) is 6.86. The maximum absolute atomic E-state index is 14.0. The van der Waals surface area contributed by atoms with Gasteiger partial charge in [0.1, 0.15) is 5.82 Å². The summed E-state index contributed by atoms with van der Waals surface area (Å²) >= 11 is 0. The second kappa shape index (κ2) is 5.21. The number of benzene rings is 1. The molecule has 0 saturated carbocycles. The van der Waals surface area contributed by atoms with E-state index in [9.17, 15) is 4.39 Å². The molecule has 1 aromatic rings. The minimum absolute atomic E-state index is 0.284. The van der Waals surface area contributed by atoms with Gasteiger partial charge in [0.05, 0.1) is 17.3 Å². The van der Waals surface area contributed by atoms with Crippen LogP contribution in [0.5, 0.6) is 0 Å².